The van der Waals surface area contributed by atoms with Crippen LogP contribution < -0.4 is 15.8 Å². The highest BCUT2D eigenvalue weighted by molar-refractivity contribution is 5.81. The molecule has 0 aromatic heterocycles. The normalized spacial score (nSPS) is 18.0. The molecule has 0 aliphatic carbocycles. The summed E-state index contributed by atoms with van der Waals surface area (Å²) in [6, 6.07) is 7.66. The summed E-state index contributed by atoms with van der Waals surface area (Å²) in [6.45, 7) is 7.81. The average Bonchev–Trinajstić information content (AvgIpc) is 2.62. The van der Waals surface area contributed by atoms with Gasteiger partial charge < -0.3 is 20.5 Å². The lowest BCUT2D eigenvalue weighted by Gasteiger charge is -2.35. The Kier molecular flexibility index (Phi) is 7.68. The van der Waals surface area contributed by atoms with Crippen LogP contribution in [0.4, 0.5) is 0 Å². The lowest BCUT2D eigenvalue weighted by atomic mass is 10.0. The van der Waals surface area contributed by atoms with Crippen LogP contribution in [0.25, 0.3) is 0 Å². The number of carbonyl (C=O) groups excluding carboxylic acids is 1. The van der Waals surface area contributed by atoms with Gasteiger partial charge >= 0.3 is 0 Å². The molecule has 0 bridgehead atoms. The second-order valence-corrected chi connectivity index (χ2v) is 6.92. The monoisotopic (exact) mass is 349 g/mol. The van der Waals surface area contributed by atoms with Crippen molar-refractivity contribution in [3.8, 4) is 5.75 Å². The molecule has 1 fully saturated rings. The number of hydrogen-bond acceptors (Lipinski definition) is 5. The Bertz CT molecular complexity index is 527. The summed E-state index contributed by atoms with van der Waals surface area (Å²) in [5.74, 6) is 1.14. The second-order valence-electron chi connectivity index (χ2n) is 6.92. The van der Waals surface area contributed by atoms with Crippen LogP contribution in [0.3, 0.4) is 0 Å². The number of nitrogens with zero attached hydrogens (tertiary/aromatic N) is 1. The molecule has 1 aromatic carbocycles. The molecule has 1 amide bonds. The van der Waals surface area contributed by atoms with Gasteiger partial charge in [-0.2, -0.15) is 0 Å². The molecule has 1 aliphatic rings. The quantitative estimate of drug-likeness (QED) is 0.745. The Morgan fingerprint density at radius 2 is 1.92 bits per heavy atom. The van der Waals surface area contributed by atoms with Gasteiger partial charge in [0.25, 0.3) is 0 Å². The topological polar surface area (TPSA) is 76.8 Å². The van der Waals surface area contributed by atoms with Crippen molar-refractivity contribution in [2.75, 3.05) is 40.0 Å². The molecule has 2 rings (SSSR count). The number of nitrogens with one attached hydrogen (secondary N) is 1. The minimum atomic E-state index is -0.457. The molecule has 1 unspecified atom stereocenters. The van der Waals surface area contributed by atoms with Gasteiger partial charge in [-0.25, -0.2) is 0 Å². The molecule has 3 N–H and O–H groups in total. The van der Waals surface area contributed by atoms with Crippen LogP contribution in [0.2, 0.25) is 0 Å². The van der Waals surface area contributed by atoms with E-state index in [9.17, 15) is 4.79 Å². The van der Waals surface area contributed by atoms with E-state index in [1.165, 1.54) is 0 Å². The molecule has 0 spiro atoms. The summed E-state index contributed by atoms with van der Waals surface area (Å²) in [5, 5.41) is 3.03. The zero-order chi connectivity index (χ0) is 18.2. The summed E-state index contributed by atoms with van der Waals surface area (Å²) in [5.41, 5.74) is 7.15. The van der Waals surface area contributed by atoms with Crippen molar-refractivity contribution in [1.29, 1.82) is 0 Å². The fourth-order valence-electron chi connectivity index (χ4n) is 3.12. The molecule has 1 heterocycles. The number of rotatable bonds is 8. The van der Waals surface area contributed by atoms with Crippen LogP contribution >= 0.6 is 0 Å². The number of amides is 1. The summed E-state index contributed by atoms with van der Waals surface area (Å²) >= 11 is 0. The second kappa shape index (κ2) is 9.75. The smallest absolute Gasteiger partial charge is 0.236 e. The lowest BCUT2D eigenvalue weighted by molar-refractivity contribution is -0.123. The number of morpholine rings is 1. The minimum Gasteiger partial charge on any atom is -0.497 e. The van der Waals surface area contributed by atoms with Gasteiger partial charge in [0.05, 0.1) is 32.4 Å². The molecular formula is C19H31N3O3. The Labute approximate surface area is 150 Å². The predicted octanol–water partition coefficient (Wildman–Crippen LogP) is 1.56. The highest BCUT2D eigenvalue weighted by Crippen LogP contribution is 2.23. The van der Waals surface area contributed by atoms with Crippen molar-refractivity contribution in [2.24, 2.45) is 11.7 Å². The van der Waals surface area contributed by atoms with E-state index in [0.717, 1.165) is 24.4 Å². The van der Waals surface area contributed by atoms with Gasteiger partial charge in [-0.15, -0.1) is 0 Å². The number of nitrogens with two attached hydrogens (primary N) is 1. The predicted molar refractivity (Wildman–Crippen MR) is 98.6 cm³/mol. The maximum atomic E-state index is 12.3. The van der Waals surface area contributed by atoms with Crippen molar-refractivity contribution in [1.82, 2.24) is 10.2 Å². The zero-order valence-electron chi connectivity index (χ0n) is 15.5. The summed E-state index contributed by atoms with van der Waals surface area (Å²) in [7, 11) is 1.66. The largest absolute Gasteiger partial charge is 0.497 e. The first-order valence-corrected chi connectivity index (χ1v) is 9.00. The van der Waals surface area contributed by atoms with Gasteiger partial charge in [0, 0.05) is 19.6 Å². The third kappa shape index (κ3) is 5.99. The molecule has 1 aliphatic heterocycles. The molecule has 0 radical (unpaired) electrons. The Morgan fingerprint density at radius 1 is 1.28 bits per heavy atom. The SMILES string of the molecule is COc1ccc(C(CNC(=O)[C@@H](N)CC(C)C)N2CCOCC2)cc1. The molecular weight excluding hydrogens is 318 g/mol. The van der Waals surface area contributed by atoms with Crippen molar-refractivity contribution in [3.63, 3.8) is 0 Å². The van der Waals surface area contributed by atoms with Gasteiger partial charge in [-0.05, 0) is 30.0 Å². The van der Waals surface area contributed by atoms with Gasteiger partial charge in [0.15, 0.2) is 0 Å². The first kappa shape index (κ1) is 19.7. The minimum absolute atomic E-state index is 0.0829. The van der Waals surface area contributed by atoms with Gasteiger partial charge in [-0.1, -0.05) is 26.0 Å². The molecule has 140 valence electrons. The number of methoxy groups -OCH3 is 1. The molecule has 0 saturated carbocycles. The summed E-state index contributed by atoms with van der Waals surface area (Å²) in [4.78, 5) is 14.6. The molecule has 6 nitrogen and oxygen atoms in total. The molecule has 1 aromatic rings. The molecule has 25 heavy (non-hydrogen) atoms. The molecule has 2 atom stereocenters. The standard InChI is InChI=1S/C19H31N3O3/c1-14(2)12-17(20)19(23)21-13-18(22-8-10-25-11-9-22)15-4-6-16(24-3)7-5-15/h4-7,14,17-18H,8-13,20H2,1-3H3,(H,21,23)/t17-,18?/m0/s1. The highest BCUT2D eigenvalue weighted by atomic mass is 16.5. The Balaban J connectivity index is 2.04. The first-order valence-electron chi connectivity index (χ1n) is 9.00. The van der Waals surface area contributed by atoms with Gasteiger partial charge in [-0.3, -0.25) is 9.69 Å². The maximum Gasteiger partial charge on any atom is 0.236 e. The summed E-state index contributed by atoms with van der Waals surface area (Å²) in [6.07, 6.45) is 0.691. The van der Waals surface area contributed by atoms with E-state index in [1.807, 2.05) is 12.1 Å². The number of carbonyl (C=O) groups is 1. The third-order valence-electron chi connectivity index (χ3n) is 4.52. The fourth-order valence-corrected chi connectivity index (χ4v) is 3.12. The van der Waals surface area contributed by atoms with Crippen molar-refractivity contribution >= 4 is 5.91 Å². The van der Waals surface area contributed by atoms with Crippen LogP contribution in [0, 0.1) is 5.92 Å². The van der Waals surface area contributed by atoms with Crippen LogP contribution in [-0.2, 0) is 9.53 Å². The van der Waals surface area contributed by atoms with E-state index in [2.05, 4.69) is 36.2 Å². The Morgan fingerprint density at radius 3 is 2.48 bits per heavy atom. The van der Waals surface area contributed by atoms with E-state index >= 15 is 0 Å². The van der Waals surface area contributed by atoms with E-state index in [-0.39, 0.29) is 11.9 Å². The maximum absolute atomic E-state index is 12.3. The van der Waals surface area contributed by atoms with Crippen molar-refractivity contribution in [3.05, 3.63) is 29.8 Å². The average molecular weight is 349 g/mol. The lowest BCUT2D eigenvalue weighted by Crippen LogP contribution is -2.47. The van der Waals surface area contributed by atoms with Gasteiger partial charge in [0.2, 0.25) is 5.91 Å². The van der Waals surface area contributed by atoms with E-state index in [4.69, 9.17) is 15.2 Å². The highest BCUT2D eigenvalue weighted by Gasteiger charge is 2.24. The van der Waals surface area contributed by atoms with Crippen LogP contribution in [0.1, 0.15) is 31.9 Å². The van der Waals surface area contributed by atoms with Crippen molar-refractivity contribution in [2.45, 2.75) is 32.4 Å². The summed E-state index contributed by atoms with van der Waals surface area (Å²) < 4.78 is 10.7. The van der Waals surface area contributed by atoms with E-state index in [0.29, 0.717) is 32.1 Å². The number of ether oxygens (including phenoxy) is 2. The zero-order valence-corrected chi connectivity index (χ0v) is 15.5. The van der Waals surface area contributed by atoms with Crippen LogP contribution in [-0.4, -0.2) is 56.8 Å². The number of benzene rings is 1. The van der Waals surface area contributed by atoms with E-state index < -0.39 is 6.04 Å². The molecule has 1 saturated heterocycles. The van der Waals surface area contributed by atoms with E-state index in [1.54, 1.807) is 7.11 Å². The third-order valence-corrected chi connectivity index (χ3v) is 4.52. The van der Waals surface area contributed by atoms with Gasteiger partial charge in [0.1, 0.15) is 5.75 Å². The van der Waals surface area contributed by atoms with Crippen LogP contribution in [0.5, 0.6) is 5.75 Å². The molecule has 6 heteroatoms. The Hall–Kier alpha value is -1.63. The fraction of sp³-hybridized carbons (Fsp3) is 0.632. The first-order chi connectivity index (χ1) is 12.0. The number of hydrogen-bond donors (Lipinski definition) is 2. The van der Waals surface area contributed by atoms with Crippen molar-refractivity contribution < 1.29 is 14.3 Å². The van der Waals surface area contributed by atoms with Crippen LogP contribution in [0.15, 0.2) is 24.3 Å².